The van der Waals surface area contributed by atoms with Gasteiger partial charge in [-0.25, -0.2) is 9.67 Å². The van der Waals surface area contributed by atoms with Crippen molar-refractivity contribution in [1.29, 1.82) is 0 Å². The molecule has 16 heavy (non-hydrogen) atoms. The molecule has 2 aromatic rings. The van der Waals surface area contributed by atoms with Crippen LogP contribution < -0.4 is 0 Å². The highest BCUT2D eigenvalue weighted by Gasteiger charge is 2.18. The van der Waals surface area contributed by atoms with E-state index in [1.54, 1.807) is 6.20 Å². The van der Waals surface area contributed by atoms with Crippen molar-refractivity contribution in [3.8, 4) is 0 Å². The van der Waals surface area contributed by atoms with E-state index in [1.807, 2.05) is 16.9 Å². The number of fused-ring (bicyclic) bond motifs is 1. The first-order valence-corrected chi connectivity index (χ1v) is 6.24. The van der Waals surface area contributed by atoms with Crippen LogP contribution in [0.3, 0.4) is 0 Å². The highest BCUT2D eigenvalue weighted by Crippen LogP contribution is 2.26. The molecule has 4 nitrogen and oxygen atoms in total. The van der Waals surface area contributed by atoms with E-state index in [0.29, 0.717) is 0 Å². The van der Waals surface area contributed by atoms with E-state index in [4.69, 9.17) is 4.74 Å². The molecule has 0 aliphatic carbocycles. The third kappa shape index (κ3) is 1.74. The van der Waals surface area contributed by atoms with Crippen LogP contribution in [0.25, 0.3) is 11.0 Å². The van der Waals surface area contributed by atoms with Gasteiger partial charge in [0.25, 0.3) is 0 Å². The van der Waals surface area contributed by atoms with Gasteiger partial charge in [-0.1, -0.05) is 0 Å². The molecule has 5 heteroatoms. The normalized spacial score (nSPS) is 21.4. The Morgan fingerprint density at radius 1 is 1.38 bits per heavy atom. The van der Waals surface area contributed by atoms with Gasteiger partial charge in [-0.2, -0.15) is 5.10 Å². The summed E-state index contributed by atoms with van der Waals surface area (Å²) in [7, 11) is 0. The Hall–Kier alpha value is -0.940. The lowest BCUT2D eigenvalue weighted by Crippen LogP contribution is -2.19. The fraction of sp³-hybridized carbons (Fsp3) is 0.455. The zero-order chi connectivity index (χ0) is 11.0. The van der Waals surface area contributed by atoms with E-state index in [2.05, 4.69) is 26.0 Å². The van der Waals surface area contributed by atoms with Crippen LogP contribution in [-0.2, 0) is 4.74 Å². The van der Waals surface area contributed by atoms with E-state index in [-0.39, 0.29) is 6.23 Å². The summed E-state index contributed by atoms with van der Waals surface area (Å²) < 4.78 is 8.58. The van der Waals surface area contributed by atoms with Gasteiger partial charge in [-0.05, 0) is 41.3 Å². The topological polar surface area (TPSA) is 39.9 Å². The van der Waals surface area contributed by atoms with Crippen molar-refractivity contribution in [2.45, 2.75) is 25.5 Å². The Morgan fingerprint density at radius 3 is 3.12 bits per heavy atom. The molecule has 84 valence electrons. The van der Waals surface area contributed by atoms with E-state index >= 15 is 0 Å². The molecular weight excluding hydrogens is 270 g/mol. The first-order chi connectivity index (χ1) is 7.84. The Labute approximate surface area is 102 Å². The monoisotopic (exact) mass is 281 g/mol. The quantitative estimate of drug-likeness (QED) is 0.807. The fourth-order valence-corrected chi connectivity index (χ4v) is 2.39. The molecule has 3 heterocycles. The molecule has 0 radical (unpaired) electrons. The first kappa shape index (κ1) is 10.2. The summed E-state index contributed by atoms with van der Waals surface area (Å²) >= 11 is 3.41. The van der Waals surface area contributed by atoms with Crippen molar-refractivity contribution in [2.24, 2.45) is 0 Å². The highest BCUT2D eigenvalue weighted by molar-refractivity contribution is 9.10. The van der Waals surface area contributed by atoms with Gasteiger partial charge in [0.05, 0.1) is 6.20 Å². The second-order valence-corrected chi connectivity index (χ2v) is 4.89. The number of hydrogen-bond acceptors (Lipinski definition) is 3. The minimum Gasteiger partial charge on any atom is -0.356 e. The van der Waals surface area contributed by atoms with Crippen molar-refractivity contribution in [2.75, 3.05) is 6.61 Å². The average Bonchev–Trinajstić information content (AvgIpc) is 2.73. The number of halogens is 1. The number of aromatic nitrogens is 3. The Bertz CT molecular complexity index is 505. The molecule has 2 aromatic heterocycles. The van der Waals surface area contributed by atoms with Gasteiger partial charge in [-0.15, -0.1) is 0 Å². The van der Waals surface area contributed by atoms with Crippen LogP contribution >= 0.6 is 15.9 Å². The Morgan fingerprint density at radius 2 is 2.31 bits per heavy atom. The third-order valence-electron chi connectivity index (χ3n) is 2.83. The Balaban J connectivity index is 2.03. The Kier molecular flexibility index (Phi) is 2.65. The fourth-order valence-electron chi connectivity index (χ4n) is 2.04. The van der Waals surface area contributed by atoms with Gasteiger partial charge in [0.1, 0.15) is 0 Å². The standard InChI is InChI=1S/C11H12BrN3O/c12-9-5-8-6-14-15(11(8)13-7-9)10-3-1-2-4-16-10/h5-7,10H,1-4H2. The molecule has 3 rings (SSSR count). The summed E-state index contributed by atoms with van der Waals surface area (Å²) in [6.07, 6.45) is 7.06. The van der Waals surface area contributed by atoms with Crippen molar-refractivity contribution in [1.82, 2.24) is 14.8 Å². The van der Waals surface area contributed by atoms with Crippen molar-refractivity contribution in [3.05, 3.63) is 22.9 Å². The summed E-state index contributed by atoms with van der Waals surface area (Å²) in [5.74, 6) is 0. The molecule has 0 bridgehead atoms. The van der Waals surface area contributed by atoms with Crippen molar-refractivity contribution >= 4 is 27.0 Å². The summed E-state index contributed by atoms with van der Waals surface area (Å²) in [5.41, 5.74) is 0.898. The average molecular weight is 282 g/mol. The molecule has 0 N–H and O–H groups in total. The summed E-state index contributed by atoms with van der Waals surface area (Å²) in [5, 5.41) is 5.41. The molecule has 1 aliphatic rings. The van der Waals surface area contributed by atoms with Crippen LogP contribution in [-0.4, -0.2) is 21.4 Å². The minimum atomic E-state index is 0.0555. The predicted octanol–water partition coefficient (Wildman–Crippen LogP) is 2.89. The van der Waals surface area contributed by atoms with Crippen molar-refractivity contribution in [3.63, 3.8) is 0 Å². The lowest BCUT2D eigenvalue weighted by Gasteiger charge is -2.22. The first-order valence-electron chi connectivity index (χ1n) is 5.45. The molecule has 1 atom stereocenters. The number of ether oxygens (including phenoxy) is 1. The third-order valence-corrected chi connectivity index (χ3v) is 3.26. The van der Waals surface area contributed by atoms with Gasteiger partial charge >= 0.3 is 0 Å². The molecule has 0 saturated carbocycles. The maximum Gasteiger partial charge on any atom is 0.160 e. The van der Waals surface area contributed by atoms with Crippen LogP contribution in [0.15, 0.2) is 22.9 Å². The largest absolute Gasteiger partial charge is 0.356 e. The molecule has 0 spiro atoms. The lowest BCUT2D eigenvalue weighted by molar-refractivity contribution is -0.0370. The van der Waals surface area contributed by atoms with Crippen molar-refractivity contribution < 1.29 is 4.74 Å². The zero-order valence-corrected chi connectivity index (χ0v) is 10.4. The SMILES string of the molecule is Brc1cnc2c(cnn2C2CCCCO2)c1. The summed E-state index contributed by atoms with van der Waals surface area (Å²) in [6, 6.07) is 2.02. The molecule has 1 saturated heterocycles. The van der Waals surface area contributed by atoms with Crippen LogP contribution in [0.2, 0.25) is 0 Å². The van der Waals surface area contributed by atoms with Crippen LogP contribution in [0.1, 0.15) is 25.5 Å². The van der Waals surface area contributed by atoms with E-state index < -0.39 is 0 Å². The molecule has 1 fully saturated rings. The van der Waals surface area contributed by atoms with Crippen LogP contribution in [0, 0.1) is 0 Å². The maximum atomic E-state index is 5.71. The van der Waals surface area contributed by atoms with E-state index in [9.17, 15) is 0 Å². The van der Waals surface area contributed by atoms with E-state index in [1.165, 1.54) is 6.42 Å². The molecule has 1 aliphatic heterocycles. The number of nitrogens with zero attached hydrogens (tertiary/aromatic N) is 3. The summed E-state index contributed by atoms with van der Waals surface area (Å²) in [4.78, 5) is 4.39. The van der Waals surface area contributed by atoms with Gasteiger partial charge in [0.2, 0.25) is 0 Å². The number of hydrogen-bond donors (Lipinski definition) is 0. The minimum absolute atomic E-state index is 0.0555. The second-order valence-electron chi connectivity index (χ2n) is 3.98. The molecule has 1 unspecified atom stereocenters. The van der Waals surface area contributed by atoms with Crippen LogP contribution in [0.5, 0.6) is 0 Å². The highest BCUT2D eigenvalue weighted by atomic mass is 79.9. The predicted molar refractivity (Wildman–Crippen MR) is 64.1 cm³/mol. The molecule has 0 aromatic carbocycles. The smallest absolute Gasteiger partial charge is 0.160 e. The van der Waals surface area contributed by atoms with Gasteiger partial charge in [0.15, 0.2) is 11.9 Å². The van der Waals surface area contributed by atoms with E-state index in [0.717, 1.165) is 35.0 Å². The summed E-state index contributed by atoms with van der Waals surface area (Å²) in [6.45, 7) is 0.822. The number of rotatable bonds is 1. The lowest BCUT2D eigenvalue weighted by atomic mass is 10.2. The zero-order valence-electron chi connectivity index (χ0n) is 8.77. The maximum absolute atomic E-state index is 5.71. The second kappa shape index (κ2) is 4.14. The van der Waals surface area contributed by atoms with Gasteiger partial charge in [0, 0.05) is 22.7 Å². The van der Waals surface area contributed by atoms with Gasteiger partial charge in [-0.3, -0.25) is 0 Å². The molecular formula is C11H12BrN3O. The van der Waals surface area contributed by atoms with Gasteiger partial charge < -0.3 is 4.74 Å². The number of pyridine rings is 1. The van der Waals surface area contributed by atoms with Crippen LogP contribution in [0.4, 0.5) is 0 Å². The molecule has 0 amide bonds.